The Balaban J connectivity index is 1.10. The van der Waals surface area contributed by atoms with Gasteiger partial charge in [0, 0.05) is 41.5 Å². The molecule has 5 rings (SSSR count). The maximum atomic E-state index is 11.5. The van der Waals surface area contributed by atoms with Gasteiger partial charge >= 0.3 is 0 Å². The highest BCUT2D eigenvalue weighted by Crippen LogP contribution is 2.31. The minimum absolute atomic E-state index is 0.0508. The first-order valence-corrected chi connectivity index (χ1v) is 11.3. The number of carbonyl (C=O) groups is 1. The van der Waals surface area contributed by atoms with E-state index in [1.165, 1.54) is 10.1 Å². The predicted molar refractivity (Wildman–Crippen MR) is 120 cm³/mol. The molecule has 0 radical (unpaired) electrons. The van der Waals surface area contributed by atoms with Gasteiger partial charge in [0.25, 0.3) is 0 Å². The van der Waals surface area contributed by atoms with Crippen LogP contribution in [0.2, 0.25) is 0 Å². The van der Waals surface area contributed by atoms with Crippen LogP contribution in [0.1, 0.15) is 12.0 Å². The van der Waals surface area contributed by atoms with Crippen LogP contribution in [0.3, 0.4) is 0 Å². The number of amides is 1. The number of thiophene rings is 1. The molecule has 7 heteroatoms. The highest BCUT2D eigenvalue weighted by Gasteiger charge is 2.19. The molecule has 2 aliphatic heterocycles. The quantitative estimate of drug-likeness (QED) is 0.609. The Hall–Kier alpha value is -2.61. The molecule has 1 amide bonds. The first-order chi connectivity index (χ1) is 14.8. The fraction of sp³-hybridized carbons (Fsp3) is 0.348. The van der Waals surface area contributed by atoms with Gasteiger partial charge in [-0.2, -0.15) is 0 Å². The smallest absolute Gasteiger partial charge is 0.228 e. The number of hydroxylamine groups is 1. The third kappa shape index (κ3) is 4.14. The Morgan fingerprint density at radius 3 is 3.07 bits per heavy atom. The molecule has 0 atom stereocenters. The second-order valence-corrected chi connectivity index (χ2v) is 8.58. The van der Waals surface area contributed by atoms with E-state index in [-0.39, 0.29) is 5.91 Å². The Morgan fingerprint density at radius 1 is 1.13 bits per heavy atom. The van der Waals surface area contributed by atoms with E-state index in [0.29, 0.717) is 19.6 Å². The van der Waals surface area contributed by atoms with Crippen LogP contribution in [0.25, 0.3) is 10.1 Å². The summed E-state index contributed by atoms with van der Waals surface area (Å²) in [7, 11) is 0. The lowest BCUT2D eigenvalue weighted by atomic mass is 10.1. The second-order valence-electron chi connectivity index (χ2n) is 7.63. The van der Waals surface area contributed by atoms with Crippen LogP contribution in [-0.4, -0.2) is 50.2 Å². The van der Waals surface area contributed by atoms with E-state index in [1.807, 2.05) is 23.3 Å². The van der Waals surface area contributed by atoms with Gasteiger partial charge in [0.15, 0.2) is 0 Å². The zero-order valence-electron chi connectivity index (χ0n) is 16.8. The number of anilines is 2. The van der Waals surface area contributed by atoms with Crippen molar-refractivity contribution in [2.75, 3.05) is 49.8 Å². The van der Waals surface area contributed by atoms with Crippen molar-refractivity contribution in [2.24, 2.45) is 0 Å². The summed E-state index contributed by atoms with van der Waals surface area (Å²) in [6, 6.07) is 14.4. The molecule has 3 aromatic rings. The zero-order valence-corrected chi connectivity index (χ0v) is 17.6. The van der Waals surface area contributed by atoms with E-state index < -0.39 is 0 Å². The fourth-order valence-corrected chi connectivity index (χ4v) is 4.87. The van der Waals surface area contributed by atoms with Gasteiger partial charge in [-0.1, -0.05) is 12.1 Å². The van der Waals surface area contributed by atoms with Crippen molar-refractivity contribution in [1.29, 1.82) is 0 Å². The van der Waals surface area contributed by atoms with Crippen LogP contribution in [0.5, 0.6) is 5.75 Å². The third-order valence-corrected chi connectivity index (χ3v) is 6.49. The highest BCUT2D eigenvalue weighted by molar-refractivity contribution is 7.17. The molecule has 2 aromatic carbocycles. The molecule has 156 valence electrons. The minimum Gasteiger partial charge on any atom is -0.493 e. The fourth-order valence-electron chi connectivity index (χ4n) is 4.06. The SMILES string of the molecule is O=C1Cc2ccc(OCCCN3CCON(c4cccc5sccc45)CC3)cc2N1. The Morgan fingerprint density at radius 2 is 2.10 bits per heavy atom. The van der Waals surface area contributed by atoms with E-state index in [4.69, 9.17) is 9.57 Å². The van der Waals surface area contributed by atoms with Crippen LogP contribution in [0, 0.1) is 0 Å². The number of hydrogen-bond acceptors (Lipinski definition) is 6. The highest BCUT2D eigenvalue weighted by atomic mass is 32.1. The summed E-state index contributed by atoms with van der Waals surface area (Å²) < 4.78 is 7.19. The first-order valence-electron chi connectivity index (χ1n) is 10.4. The molecule has 1 aromatic heterocycles. The lowest BCUT2D eigenvalue weighted by Gasteiger charge is -2.23. The molecular formula is C23H25N3O3S. The molecule has 1 N–H and O–H groups in total. The van der Waals surface area contributed by atoms with Crippen molar-refractivity contribution in [1.82, 2.24) is 4.90 Å². The van der Waals surface area contributed by atoms with Crippen LogP contribution >= 0.6 is 11.3 Å². The van der Waals surface area contributed by atoms with Crippen LogP contribution in [0.15, 0.2) is 47.8 Å². The Kier molecular flexibility index (Phi) is 5.57. The van der Waals surface area contributed by atoms with Crippen molar-refractivity contribution < 1.29 is 14.4 Å². The molecule has 1 fully saturated rings. The lowest BCUT2D eigenvalue weighted by molar-refractivity contribution is -0.115. The topological polar surface area (TPSA) is 54.0 Å². The average molecular weight is 424 g/mol. The normalized spacial score (nSPS) is 17.1. The monoisotopic (exact) mass is 423 g/mol. The maximum Gasteiger partial charge on any atom is 0.228 e. The summed E-state index contributed by atoms with van der Waals surface area (Å²) in [4.78, 5) is 20.0. The van der Waals surface area contributed by atoms with Gasteiger partial charge in [-0.15, -0.1) is 11.3 Å². The van der Waals surface area contributed by atoms with Gasteiger partial charge in [0.2, 0.25) is 5.91 Å². The number of nitrogens with one attached hydrogen (secondary N) is 1. The molecule has 1 saturated heterocycles. The molecule has 6 nitrogen and oxygen atoms in total. The summed E-state index contributed by atoms with van der Waals surface area (Å²) in [5.41, 5.74) is 3.07. The molecule has 2 aliphatic rings. The Labute approximate surface area is 179 Å². The summed E-state index contributed by atoms with van der Waals surface area (Å²) in [5.74, 6) is 0.861. The number of carbonyl (C=O) groups excluding carboxylic acids is 1. The number of hydrogen-bond donors (Lipinski definition) is 1. The van der Waals surface area contributed by atoms with Crippen LogP contribution in [-0.2, 0) is 16.1 Å². The van der Waals surface area contributed by atoms with E-state index in [9.17, 15) is 4.79 Å². The number of ether oxygens (including phenoxy) is 1. The molecule has 0 spiro atoms. The zero-order chi connectivity index (χ0) is 20.3. The van der Waals surface area contributed by atoms with Gasteiger partial charge in [-0.3, -0.25) is 19.6 Å². The summed E-state index contributed by atoms with van der Waals surface area (Å²) in [6.45, 7) is 5.04. The first kappa shape index (κ1) is 19.4. The maximum absolute atomic E-state index is 11.5. The molecule has 0 unspecified atom stereocenters. The van der Waals surface area contributed by atoms with Crippen LogP contribution < -0.4 is 15.1 Å². The summed E-state index contributed by atoms with van der Waals surface area (Å²) in [6.07, 6.45) is 1.41. The number of fused-ring (bicyclic) bond motifs is 2. The standard InChI is InChI=1S/C23H25N3O3S/c27-23-15-17-5-6-18(16-20(17)24-23)28-12-2-8-25-9-10-26(29-13-11-25)21-3-1-4-22-19(21)7-14-30-22/h1,3-7,14,16H,2,8-13,15H2,(H,24,27). The van der Waals surface area contributed by atoms with Gasteiger partial charge in [0.1, 0.15) is 5.75 Å². The van der Waals surface area contributed by atoms with Crippen molar-refractivity contribution in [3.63, 3.8) is 0 Å². The van der Waals surface area contributed by atoms with Gasteiger partial charge in [-0.25, -0.2) is 0 Å². The van der Waals surface area contributed by atoms with Crippen LogP contribution in [0.4, 0.5) is 11.4 Å². The number of nitrogens with zero attached hydrogens (tertiary/aromatic N) is 2. The third-order valence-electron chi connectivity index (χ3n) is 5.61. The van der Waals surface area contributed by atoms with Gasteiger partial charge < -0.3 is 10.1 Å². The molecule has 30 heavy (non-hydrogen) atoms. The molecule has 3 heterocycles. The molecule has 0 bridgehead atoms. The van der Waals surface area contributed by atoms with E-state index in [1.54, 1.807) is 11.3 Å². The molecular weight excluding hydrogens is 398 g/mol. The molecule has 0 saturated carbocycles. The predicted octanol–water partition coefficient (Wildman–Crippen LogP) is 3.92. The van der Waals surface area contributed by atoms with E-state index >= 15 is 0 Å². The van der Waals surface area contributed by atoms with Gasteiger partial charge in [0.05, 0.1) is 31.9 Å². The molecule has 0 aliphatic carbocycles. The van der Waals surface area contributed by atoms with Crippen molar-refractivity contribution in [3.8, 4) is 5.75 Å². The lowest BCUT2D eigenvalue weighted by Crippen LogP contribution is -2.31. The second kappa shape index (κ2) is 8.63. The Bertz CT molecular complexity index is 1050. The number of benzene rings is 2. The van der Waals surface area contributed by atoms with Crippen molar-refractivity contribution in [2.45, 2.75) is 12.8 Å². The van der Waals surface area contributed by atoms with Crippen molar-refractivity contribution >= 4 is 38.7 Å². The number of rotatable bonds is 6. The summed E-state index contributed by atoms with van der Waals surface area (Å²) >= 11 is 1.76. The van der Waals surface area contributed by atoms with Gasteiger partial charge in [-0.05, 0) is 41.6 Å². The van der Waals surface area contributed by atoms with E-state index in [2.05, 4.69) is 39.9 Å². The average Bonchev–Trinajstić information content (AvgIpc) is 3.30. The van der Waals surface area contributed by atoms with Crippen molar-refractivity contribution in [3.05, 3.63) is 53.4 Å². The minimum atomic E-state index is 0.0508. The summed E-state index contributed by atoms with van der Waals surface area (Å²) in [5, 5.41) is 8.31. The van der Waals surface area contributed by atoms with E-state index in [0.717, 1.165) is 55.3 Å². The largest absolute Gasteiger partial charge is 0.493 e.